The number of aliphatic hydroxyl groups excluding tert-OH is 1. The van der Waals surface area contributed by atoms with E-state index in [1.165, 1.54) is 6.07 Å². The van der Waals surface area contributed by atoms with Crippen molar-refractivity contribution in [2.45, 2.75) is 32.8 Å². The van der Waals surface area contributed by atoms with Crippen molar-refractivity contribution in [2.75, 3.05) is 6.61 Å². The van der Waals surface area contributed by atoms with Gasteiger partial charge in [-0.1, -0.05) is 19.0 Å². The Morgan fingerprint density at radius 3 is 2.61 bits per heavy atom. The van der Waals surface area contributed by atoms with Crippen LogP contribution < -0.4 is 4.74 Å². The summed E-state index contributed by atoms with van der Waals surface area (Å²) in [6.45, 7) is 3.88. The third-order valence-corrected chi connectivity index (χ3v) is 2.65. The van der Waals surface area contributed by atoms with Crippen LogP contribution in [-0.4, -0.2) is 33.8 Å². The van der Waals surface area contributed by atoms with E-state index in [9.17, 15) is 10.2 Å². The van der Waals surface area contributed by atoms with Gasteiger partial charge in [-0.05, 0) is 25.0 Å². The minimum atomic E-state index is -0.517. The number of hydrogen-bond acceptors (Lipinski definition) is 5. The lowest BCUT2D eigenvalue weighted by Gasteiger charge is -2.12. The molecule has 18 heavy (non-hydrogen) atoms. The van der Waals surface area contributed by atoms with Crippen molar-refractivity contribution >= 4 is 5.71 Å². The zero-order valence-electron chi connectivity index (χ0n) is 10.6. The van der Waals surface area contributed by atoms with E-state index in [0.29, 0.717) is 29.9 Å². The van der Waals surface area contributed by atoms with Gasteiger partial charge in [-0.25, -0.2) is 0 Å². The Bertz CT molecular complexity index is 417. The molecule has 0 saturated carbocycles. The monoisotopic (exact) mass is 253 g/mol. The molecule has 1 aromatic carbocycles. The Kier molecular flexibility index (Phi) is 5.45. The van der Waals surface area contributed by atoms with Crippen LogP contribution >= 0.6 is 0 Å². The Balaban J connectivity index is 2.79. The van der Waals surface area contributed by atoms with E-state index in [0.717, 1.165) is 0 Å². The SMILES string of the molecule is CCC(=NO)c1ccc(OCC(O)CC)cc1O. The third kappa shape index (κ3) is 3.63. The van der Waals surface area contributed by atoms with Gasteiger partial charge < -0.3 is 20.2 Å². The average molecular weight is 253 g/mol. The first-order valence-electron chi connectivity index (χ1n) is 5.97. The van der Waals surface area contributed by atoms with Crippen molar-refractivity contribution < 1.29 is 20.2 Å². The molecule has 1 aromatic rings. The molecular formula is C13H19NO4. The summed E-state index contributed by atoms with van der Waals surface area (Å²) in [4.78, 5) is 0. The van der Waals surface area contributed by atoms with Gasteiger partial charge >= 0.3 is 0 Å². The second kappa shape index (κ2) is 6.86. The second-order valence-electron chi connectivity index (χ2n) is 3.95. The van der Waals surface area contributed by atoms with E-state index < -0.39 is 6.10 Å². The van der Waals surface area contributed by atoms with Crippen molar-refractivity contribution in [3.05, 3.63) is 23.8 Å². The predicted molar refractivity (Wildman–Crippen MR) is 68.5 cm³/mol. The van der Waals surface area contributed by atoms with Gasteiger partial charge in [-0.2, -0.15) is 0 Å². The lowest BCUT2D eigenvalue weighted by Crippen LogP contribution is -2.16. The molecule has 0 aliphatic rings. The van der Waals surface area contributed by atoms with Crippen LogP contribution in [0, 0.1) is 0 Å². The number of benzene rings is 1. The first-order valence-corrected chi connectivity index (χ1v) is 5.97. The average Bonchev–Trinajstić information content (AvgIpc) is 2.39. The first kappa shape index (κ1) is 14.3. The summed E-state index contributed by atoms with van der Waals surface area (Å²) in [6, 6.07) is 4.73. The molecule has 1 rings (SSSR count). The van der Waals surface area contributed by atoms with Crippen molar-refractivity contribution in [3.63, 3.8) is 0 Å². The number of hydrogen-bond donors (Lipinski definition) is 3. The van der Waals surface area contributed by atoms with Crippen molar-refractivity contribution in [1.29, 1.82) is 0 Å². The topological polar surface area (TPSA) is 82.3 Å². The molecule has 0 fully saturated rings. The van der Waals surface area contributed by atoms with Crippen molar-refractivity contribution in [1.82, 2.24) is 0 Å². The lowest BCUT2D eigenvalue weighted by atomic mass is 10.1. The number of oxime groups is 1. The minimum absolute atomic E-state index is 0.00635. The van der Waals surface area contributed by atoms with E-state index in [-0.39, 0.29) is 12.4 Å². The molecular weight excluding hydrogens is 234 g/mol. The molecule has 0 amide bonds. The van der Waals surface area contributed by atoms with E-state index in [1.54, 1.807) is 12.1 Å². The smallest absolute Gasteiger partial charge is 0.128 e. The van der Waals surface area contributed by atoms with Gasteiger partial charge in [0.15, 0.2) is 0 Å². The Hall–Kier alpha value is -1.75. The molecule has 0 radical (unpaired) electrons. The van der Waals surface area contributed by atoms with Crippen LogP contribution in [0.3, 0.4) is 0 Å². The van der Waals surface area contributed by atoms with Crippen molar-refractivity contribution in [2.24, 2.45) is 5.16 Å². The summed E-state index contributed by atoms with van der Waals surface area (Å²) in [6.07, 6.45) is 0.608. The van der Waals surface area contributed by atoms with Crippen LogP contribution in [0.25, 0.3) is 0 Å². The van der Waals surface area contributed by atoms with Gasteiger partial charge in [-0.15, -0.1) is 0 Å². The predicted octanol–water partition coefficient (Wildman–Crippen LogP) is 2.13. The van der Waals surface area contributed by atoms with Crippen LogP contribution in [0.1, 0.15) is 32.3 Å². The third-order valence-electron chi connectivity index (χ3n) is 2.65. The molecule has 0 aromatic heterocycles. The molecule has 0 spiro atoms. The molecule has 5 nitrogen and oxygen atoms in total. The fourth-order valence-electron chi connectivity index (χ4n) is 1.47. The first-order chi connectivity index (χ1) is 8.62. The Morgan fingerprint density at radius 1 is 1.39 bits per heavy atom. The van der Waals surface area contributed by atoms with Crippen LogP contribution in [0.15, 0.2) is 23.4 Å². The molecule has 5 heteroatoms. The zero-order valence-corrected chi connectivity index (χ0v) is 10.6. The number of phenols is 1. The maximum Gasteiger partial charge on any atom is 0.128 e. The highest BCUT2D eigenvalue weighted by Crippen LogP contribution is 2.25. The highest BCUT2D eigenvalue weighted by Gasteiger charge is 2.10. The maximum atomic E-state index is 9.81. The quantitative estimate of drug-likeness (QED) is 0.412. The number of ether oxygens (including phenoxy) is 1. The summed E-state index contributed by atoms with van der Waals surface area (Å²) >= 11 is 0. The lowest BCUT2D eigenvalue weighted by molar-refractivity contribution is 0.104. The highest BCUT2D eigenvalue weighted by atomic mass is 16.5. The number of aromatic hydroxyl groups is 1. The van der Waals surface area contributed by atoms with Gasteiger partial charge in [0.2, 0.25) is 0 Å². The second-order valence-corrected chi connectivity index (χ2v) is 3.95. The van der Waals surface area contributed by atoms with Gasteiger partial charge in [0, 0.05) is 11.6 Å². The van der Waals surface area contributed by atoms with Gasteiger partial charge in [-0.3, -0.25) is 0 Å². The van der Waals surface area contributed by atoms with Gasteiger partial charge in [0.05, 0.1) is 11.8 Å². The van der Waals surface area contributed by atoms with E-state index in [2.05, 4.69) is 5.16 Å². The van der Waals surface area contributed by atoms with Gasteiger partial charge in [0.25, 0.3) is 0 Å². The Morgan fingerprint density at radius 2 is 2.11 bits per heavy atom. The fraction of sp³-hybridized carbons (Fsp3) is 0.462. The largest absolute Gasteiger partial charge is 0.507 e. The maximum absolute atomic E-state index is 9.81. The number of phenolic OH excluding ortho intramolecular Hbond substituents is 1. The summed E-state index contributed by atoms with van der Waals surface area (Å²) in [5.74, 6) is 0.463. The summed E-state index contributed by atoms with van der Waals surface area (Å²) < 4.78 is 5.33. The van der Waals surface area contributed by atoms with E-state index in [4.69, 9.17) is 9.94 Å². The van der Waals surface area contributed by atoms with Crippen LogP contribution in [-0.2, 0) is 0 Å². The Labute approximate surface area is 106 Å². The van der Waals surface area contributed by atoms with Gasteiger partial charge in [0.1, 0.15) is 18.1 Å². The van der Waals surface area contributed by atoms with Crippen LogP contribution in [0.4, 0.5) is 0 Å². The molecule has 0 bridgehead atoms. The molecule has 0 aliphatic heterocycles. The van der Waals surface area contributed by atoms with Crippen LogP contribution in [0.2, 0.25) is 0 Å². The molecule has 0 saturated heterocycles. The molecule has 0 aliphatic carbocycles. The summed E-state index contributed by atoms with van der Waals surface area (Å²) in [7, 11) is 0. The number of nitrogens with zero attached hydrogens (tertiary/aromatic N) is 1. The summed E-state index contributed by atoms with van der Waals surface area (Å²) in [5, 5.41) is 31.1. The molecule has 100 valence electrons. The highest BCUT2D eigenvalue weighted by molar-refractivity contribution is 6.02. The summed E-state index contributed by atoms with van der Waals surface area (Å²) in [5.41, 5.74) is 0.885. The minimum Gasteiger partial charge on any atom is -0.507 e. The van der Waals surface area contributed by atoms with Crippen LogP contribution in [0.5, 0.6) is 11.5 Å². The number of aliphatic hydroxyl groups is 1. The zero-order chi connectivity index (χ0) is 13.5. The molecule has 1 atom stereocenters. The van der Waals surface area contributed by atoms with Crippen molar-refractivity contribution in [3.8, 4) is 11.5 Å². The van der Waals surface area contributed by atoms with E-state index in [1.807, 2.05) is 13.8 Å². The fourth-order valence-corrected chi connectivity index (χ4v) is 1.47. The molecule has 1 unspecified atom stereocenters. The standard InChI is InChI=1S/C13H19NO4/c1-3-9(15)8-18-10-5-6-11(13(16)7-10)12(4-2)14-17/h5-7,9,15-17H,3-4,8H2,1-2H3. The normalized spacial score (nSPS) is 13.4. The number of rotatable bonds is 6. The molecule has 0 heterocycles. The van der Waals surface area contributed by atoms with E-state index >= 15 is 0 Å². The molecule has 3 N–H and O–H groups in total.